The van der Waals surface area contributed by atoms with Crippen molar-refractivity contribution in [3.8, 4) is 0 Å². The Morgan fingerprint density at radius 3 is 2.67 bits per heavy atom. The van der Waals surface area contributed by atoms with Gasteiger partial charge in [-0.15, -0.1) is 5.10 Å². The van der Waals surface area contributed by atoms with Crippen molar-refractivity contribution in [1.82, 2.24) is 14.5 Å². The van der Waals surface area contributed by atoms with Crippen molar-refractivity contribution in [1.29, 1.82) is 0 Å². The van der Waals surface area contributed by atoms with Crippen LogP contribution in [0.1, 0.15) is 35.6 Å². The zero-order valence-corrected chi connectivity index (χ0v) is 12.5. The molecule has 0 fully saturated rings. The highest BCUT2D eigenvalue weighted by molar-refractivity contribution is 7.80. The number of rotatable bonds is 6. The molecule has 5 nitrogen and oxygen atoms in total. The van der Waals surface area contributed by atoms with Crippen LogP contribution in [0.4, 0.5) is 0 Å². The van der Waals surface area contributed by atoms with Gasteiger partial charge in [0.15, 0.2) is 0 Å². The highest BCUT2D eigenvalue weighted by atomic mass is 32.1. The van der Waals surface area contributed by atoms with Crippen molar-refractivity contribution < 1.29 is 4.79 Å². The van der Waals surface area contributed by atoms with Crippen LogP contribution in [0.2, 0.25) is 0 Å². The fourth-order valence-corrected chi connectivity index (χ4v) is 2.25. The van der Waals surface area contributed by atoms with E-state index in [1.807, 2.05) is 0 Å². The second kappa shape index (κ2) is 6.75. The van der Waals surface area contributed by atoms with Gasteiger partial charge in [-0.2, -0.15) is 0 Å². The van der Waals surface area contributed by atoms with Crippen molar-refractivity contribution in [2.24, 2.45) is 11.7 Å². The van der Waals surface area contributed by atoms with Gasteiger partial charge in [0.05, 0.1) is 10.7 Å². The Morgan fingerprint density at radius 1 is 1.56 bits per heavy atom. The van der Waals surface area contributed by atoms with Gasteiger partial charge in [0.25, 0.3) is 5.91 Å². The van der Waals surface area contributed by atoms with Crippen molar-refractivity contribution in [3.05, 3.63) is 10.6 Å². The van der Waals surface area contributed by atoms with Gasteiger partial charge < -0.3 is 10.6 Å². The van der Waals surface area contributed by atoms with E-state index >= 15 is 0 Å². The normalized spacial score (nSPS) is 10.7. The maximum absolute atomic E-state index is 12.3. The molecule has 1 amide bonds. The highest BCUT2D eigenvalue weighted by Crippen LogP contribution is 2.14. The molecule has 100 valence electrons. The van der Waals surface area contributed by atoms with Gasteiger partial charge in [-0.25, -0.2) is 0 Å². The molecule has 0 spiro atoms. The van der Waals surface area contributed by atoms with E-state index in [9.17, 15) is 4.79 Å². The fourth-order valence-electron chi connectivity index (χ4n) is 1.53. The summed E-state index contributed by atoms with van der Waals surface area (Å²) in [5.74, 6) is 0.355. The smallest absolute Gasteiger partial charge is 0.267 e. The molecule has 0 saturated carbocycles. The van der Waals surface area contributed by atoms with Gasteiger partial charge in [0.2, 0.25) is 0 Å². The van der Waals surface area contributed by atoms with Crippen molar-refractivity contribution >= 4 is 34.6 Å². The van der Waals surface area contributed by atoms with Crippen LogP contribution in [-0.4, -0.2) is 38.5 Å². The van der Waals surface area contributed by atoms with Crippen molar-refractivity contribution in [2.75, 3.05) is 13.1 Å². The lowest BCUT2D eigenvalue weighted by Gasteiger charge is -2.23. The number of aromatic nitrogens is 2. The molecule has 0 aliphatic carbocycles. The van der Waals surface area contributed by atoms with Crippen LogP contribution in [0.5, 0.6) is 0 Å². The van der Waals surface area contributed by atoms with Gasteiger partial charge in [-0.3, -0.25) is 4.79 Å². The molecule has 1 rings (SSSR count). The minimum Gasteiger partial charge on any atom is -0.393 e. The Kier molecular flexibility index (Phi) is 5.61. The van der Waals surface area contributed by atoms with Crippen LogP contribution in [-0.2, 0) is 0 Å². The number of carbonyl (C=O) groups is 1. The summed E-state index contributed by atoms with van der Waals surface area (Å²) in [4.78, 5) is 15.1. The molecule has 0 atom stereocenters. The van der Waals surface area contributed by atoms with E-state index in [1.54, 1.807) is 11.8 Å². The first-order valence-electron chi connectivity index (χ1n) is 5.78. The third kappa shape index (κ3) is 4.30. The van der Waals surface area contributed by atoms with Gasteiger partial charge in [-0.05, 0) is 24.4 Å². The van der Waals surface area contributed by atoms with Crippen LogP contribution < -0.4 is 5.73 Å². The summed E-state index contributed by atoms with van der Waals surface area (Å²) in [6, 6.07) is 0. The average molecular weight is 286 g/mol. The fraction of sp³-hybridized carbons (Fsp3) is 0.636. The molecule has 0 aliphatic heterocycles. The first-order valence-corrected chi connectivity index (χ1v) is 6.96. The molecule has 0 aromatic carbocycles. The number of nitrogens with two attached hydrogens (primary N) is 1. The summed E-state index contributed by atoms with van der Waals surface area (Å²) in [6.45, 7) is 7.15. The molecule has 2 N–H and O–H groups in total. The molecule has 1 heterocycles. The zero-order chi connectivity index (χ0) is 13.7. The average Bonchev–Trinajstić information content (AvgIpc) is 2.69. The predicted molar refractivity (Wildman–Crippen MR) is 76.8 cm³/mol. The Balaban J connectivity index is 2.78. The lowest BCUT2D eigenvalue weighted by atomic mass is 10.2. The molecular weight excluding hydrogens is 268 g/mol. The Hall–Kier alpha value is -1.08. The summed E-state index contributed by atoms with van der Waals surface area (Å²) in [6.07, 6.45) is 0.541. The molecule has 0 bridgehead atoms. The molecule has 7 heteroatoms. The number of nitrogens with zero attached hydrogens (tertiary/aromatic N) is 3. The van der Waals surface area contributed by atoms with Crippen LogP contribution in [0.25, 0.3) is 0 Å². The largest absolute Gasteiger partial charge is 0.393 e. The topological polar surface area (TPSA) is 72.1 Å². The van der Waals surface area contributed by atoms with E-state index in [0.29, 0.717) is 41.0 Å². The number of aryl methyl sites for hydroxylation is 1. The van der Waals surface area contributed by atoms with Gasteiger partial charge in [0.1, 0.15) is 4.88 Å². The third-order valence-corrected chi connectivity index (χ3v) is 3.37. The minimum absolute atomic E-state index is 0.0348. The highest BCUT2D eigenvalue weighted by Gasteiger charge is 2.21. The second-order valence-corrected chi connectivity index (χ2v) is 5.83. The molecule has 1 aromatic rings. The Morgan fingerprint density at radius 2 is 2.22 bits per heavy atom. The van der Waals surface area contributed by atoms with E-state index in [-0.39, 0.29) is 5.91 Å². The number of hydrogen-bond acceptors (Lipinski definition) is 5. The predicted octanol–water partition coefficient (Wildman–Crippen LogP) is 1.62. The zero-order valence-electron chi connectivity index (χ0n) is 10.8. The van der Waals surface area contributed by atoms with Gasteiger partial charge in [-0.1, -0.05) is 30.6 Å². The second-order valence-electron chi connectivity index (χ2n) is 4.55. The number of carbonyl (C=O) groups excluding carboxylic acids is 1. The molecular formula is C11H18N4OS2. The van der Waals surface area contributed by atoms with Gasteiger partial charge in [0, 0.05) is 19.5 Å². The molecule has 1 aromatic heterocycles. The number of hydrogen-bond donors (Lipinski definition) is 1. The van der Waals surface area contributed by atoms with Crippen LogP contribution in [0, 0.1) is 12.8 Å². The van der Waals surface area contributed by atoms with Crippen LogP contribution >= 0.6 is 23.8 Å². The van der Waals surface area contributed by atoms with E-state index in [1.165, 1.54) is 0 Å². The third-order valence-electron chi connectivity index (χ3n) is 2.35. The van der Waals surface area contributed by atoms with Crippen molar-refractivity contribution in [3.63, 3.8) is 0 Å². The van der Waals surface area contributed by atoms with E-state index < -0.39 is 0 Å². The van der Waals surface area contributed by atoms with Crippen molar-refractivity contribution in [2.45, 2.75) is 27.2 Å². The monoisotopic (exact) mass is 286 g/mol. The van der Waals surface area contributed by atoms with Gasteiger partial charge >= 0.3 is 0 Å². The molecule has 0 radical (unpaired) electrons. The lowest BCUT2D eigenvalue weighted by Crippen LogP contribution is -2.36. The maximum Gasteiger partial charge on any atom is 0.267 e. The van der Waals surface area contributed by atoms with E-state index in [4.69, 9.17) is 18.0 Å². The standard InChI is InChI=1S/C11H18N4OS2/c1-7(2)6-15(5-4-9(12)17)11(16)10-8(3)13-14-18-10/h7H,4-6H2,1-3H3,(H2,12,17). The maximum atomic E-state index is 12.3. The number of thiocarbonyl (C=S) groups is 1. The molecule has 0 unspecified atom stereocenters. The molecule has 18 heavy (non-hydrogen) atoms. The summed E-state index contributed by atoms with van der Waals surface area (Å²) in [5, 5.41) is 3.87. The lowest BCUT2D eigenvalue weighted by molar-refractivity contribution is 0.0745. The molecule has 0 saturated heterocycles. The quantitative estimate of drug-likeness (QED) is 0.805. The summed E-state index contributed by atoms with van der Waals surface area (Å²) in [5.41, 5.74) is 6.17. The summed E-state index contributed by atoms with van der Waals surface area (Å²) < 4.78 is 3.79. The summed E-state index contributed by atoms with van der Waals surface area (Å²) >= 11 is 5.99. The van der Waals surface area contributed by atoms with E-state index in [2.05, 4.69) is 23.4 Å². The minimum atomic E-state index is -0.0348. The SMILES string of the molecule is Cc1nnsc1C(=O)N(CCC(N)=S)CC(C)C. The van der Waals surface area contributed by atoms with Crippen LogP contribution in [0.15, 0.2) is 0 Å². The Bertz CT molecular complexity index is 430. The van der Waals surface area contributed by atoms with Crippen LogP contribution in [0.3, 0.4) is 0 Å². The number of amides is 1. The first kappa shape index (κ1) is 15.0. The Labute approximate surface area is 117 Å². The summed E-state index contributed by atoms with van der Waals surface area (Å²) in [7, 11) is 0. The van der Waals surface area contributed by atoms with E-state index in [0.717, 1.165) is 11.5 Å². The molecule has 0 aliphatic rings. The first-order chi connectivity index (χ1) is 8.41.